The van der Waals surface area contributed by atoms with Crippen LogP contribution in [0.1, 0.15) is 26.5 Å². The highest BCUT2D eigenvalue weighted by Gasteiger charge is 2.11. The summed E-state index contributed by atoms with van der Waals surface area (Å²) in [6, 6.07) is 13.3. The largest absolute Gasteiger partial charge is 0.360 e. The van der Waals surface area contributed by atoms with Crippen molar-refractivity contribution in [2.24, 2.45) is 0 Å². The summed E-state index contributed by atoms with van der Waals surface area (Å²) >= 11 is 0. The van der Waals surface area contributed by atoms with Crippen LogP contribution >= 0.6 is 0 Å². The van der Waals surface area contributed by atoms with Gasteiger partial charge in [-0.15, -0.1) is 0 Å². The van der Waals surface area contributed by atoms with Crippen molar-refractivity contribution in [1.29, 1.82) is 0 Å². The highest BCUT2D eigenvalue weighted by molar-refractivity contribution is 6.06. The van der Waals surface area contributed by atoms with E-state index in [1.165, 1.54) is 42.5 Å². The molecule has 2 N–H and O–H groups in total. The number of carbonyl (C=O) groups is 2. The average molecular weight is 339 g/mol. The van der Waals surface area contributed by atoms with Gasteiger partial charge in [-0.25, -0.2) is 4.39 Å². The second-order valence-corrected chi connectivity index (χ2v) is 5.32. The number of benzene rings is 2. The summed E-state index contributed by atoms with van der Waals surface area (Å²) in [6.07, 6.45) is 0. The molecule has 1 aromatic heterocycles. The van der Waals surface area contributed by atoms with Crippen LogP contribution in [0.25, 0.3) is 0 Å². The quantitative estimate of drug-likeness (QED) is 0.760. The van der Waals surface area contributed by atoms with Crippen molar-refractivity contribution < 1.29 is 18.5 Å². The van der Waals surface area contributed by atoms with E-state index in [0.717, 1.165) is 0 Å². The molecular weight excluding hydrogens is 325 g/mol. The van der Waals surface area contributed by atoms with Crippen molar-refractivity contribution in [1.82, 2.24) is 5.16 Å². The van der Waals surface area contributed by atoms with Crippen LogP contribution in [0.2, 0.25) is 0 Å². The Morgan fingerprint density at radius 1 is 0.960 bits per heavy atom. The first kappa shape index (κ1) is 16.4. The van der Waals surface area contributed by atoms with Gasteiger partial charge in [0.2, 0.25) is 0 Å². The summed E-state index contributed by atoms with van der Waals surface area (Å²) in [6.45, 7) is 1.72. The molecule has 3 aromatic rings. The van der Waals surface area contributed by atoms with Gasteiger partial charge in [0.15, 0.2) is 5.82 Å². The number of halogens is 1. The molecule has 0 spiro atoms. The third-order valence-electron chi connectivity index (χ3n) is 3.36. The molecule has 0 fully saturated rings. The maximum absolute atomic E-state index is 13.1. The molecular formula is C18H14FN3O3. The van der Waals surface area contributed by atoms with E-state index in [4.69, 9.17) is 4.52 Å². The molecule has 0 aliphatic carbocycles. The minimum absolute atomic E-state index is 0.315. The predicted octanol–water partition coefficient (Wildman–Crippen LogP) is 3.63. The van der Waals surface area contributed by atoms with E-state index < -0.39 is 11.7 Å². The van der Waals surface area contributed by atoms with E-state index in [0.29, 0.717) is 28.4 Å². The monoisotopic (exact) mass is 339 g/mol. The predicted molar refractivity (Wildman–Crippen MR) is 90.0 cm³/mol. The maximum Gasteiger partial charge on any atom is 0.256 e. The van der Waals surface area contributed by atoms with E-state index in [2.05, 4.69) is 15.8 Å². The third kappa shape index (κ3) is 4.08. The summed E-state index contributed by atoms with van der Waals surface area (Å²) in [5.74, 6) is -0.307. The standard InChI is InChI=1S/C18H14FN3O3/c1-11-9-16(22-25-11)21-18(24)13-7-5-12(6-8-13)17(23)20-15-4-2-3-14(19)10-15/h2-10H,1H3,(H,20,23)(H,21,22,24). The number of hydrogen-bond donors (Lipinski definition) is 2. The van der Waals surface area contributed by atoms with Crippen LogP contribution < -0.4 is 10.6 Å². The number of carbonyl (C=O) groups excluding carboxylic acids is 2. The van der Waals surface area contributed by atoms with Gasteiger partial charge in [-0.2, -0.15) is 0 Å². The van der Waals surface area contributed by atoms with Crippen LogP contribution in [-0.4, -0.2) is 17.0 Å². The molecule has 7 heteroatoms. The first-order chi connectivity index (χ1) is 12.0. The fourth-order valence-electron chi connectivity index (χ4n) is 2.16. The van der Waals surface area contributed by atoms with Crippen LogP contribution in [-0.2, 0) is 0 Å². The van der Waals surface area contributed by atoms with Gasteiger partial charge in [-0.05, 0) is 49.4 Å². The van der Waals surface area contributed by atoms with Crippen molar-refractivity contribution in [3.63, 3.8) is 0 Å². The molecule has 1 heterocycles. The lowest BCUT2D eigenvalue weighted by molar-refractivity contribution is 0.101. The fraction of sp³-hybridized carbons (Fsp3) is 0.0556. The van der Waals surface area contributed by atoms with Gasteiger partial charge in [0, 0.05) is 22.9 Å². The second kappa shape index (κ2) is 6.96. The topological polar surface area (TPSA) is 84.2 Å². The van der Waals surface area contributed by atoms with E-state index in [-0.39, 0.29) is 5.91 Å². The normalized spacial score (nSPS) is 10.3. The number of amides is 2. The van der Waals surface area contributed by atoms with Crippen molar-refractivity contribution in [2.45, 2.75) is 6.92 Å². The van der Waals surface area contributed by atoms with Gasteiger partial charge in [-0.3, -0.25) is 9.59 Å². The lowest BCUT2D eigenvalue weighted by atomic mass is 10.1. The van der Waals surface area contributed by atoms with Gasteiger partial charge < -0.3 is 15.2 Å². The van der Waals surface area contributed by atoms with Crippen LogP contribution in [0.3, 0.4) is 0 Å². The van der Waals surface area contributed by atoms with Crippen molar-refractivity contribution in [3.8, 4) is 0 Å². The molecule has 3 rings (SSSR count). The molecule has 126 valence electrons. The molecule has 0 radical (unpaired) electrons. The minimum atomic E-state index is -0.437. The number of nitrogens with zero attached hydrogens (tertiary/aromatic N) is 1. The highest BCUT2D eigenvalue weighted by Crippen LogP contribution is 2.13. The Morgan fingerprint density at radius 3 is 2.16 bits per heavy atom. The maximum atomic E-state index is 13.1. The summed E-state index contributed by atoms with van der Waals surface area (Å²) in [5.41, 5.74) is 1.06. The zero-order valence-electron chi connectivity index (χ0n) is 13.2. The van der Waals surface area contributed by atoms with Crippen LogP contribution in [0, 0.1) is 12.7 Å². The average Bonchev–Trinajstić information content (AvgIpc) is 3.00. The van der Waals surface area contributed by atoms with Crippen LogP contribution in [0.4, 0.5) is 15.9 Å². The summed E-state index contributed by atoms with van der Waals surface area (Å²) in [7, 11) is 0. The molecule has 0 atom stereocenters. The van der Waals surface area contributed by atoms with Gasteiger partial charge in [0.25, 0.3) is 11.8 Å². The first-order valence-electron chi connectivity index (χ1n) is 7.43. The molecule has 0 aliphatic rings. The Labute approximate surface area is 142 Å². The van der Waals surface area contributed by atoms with Crippen LogP contribution in [0.5, 0.6) is 0 Å². The van der Waals surface area contributed by atoms with E-state index in [9.17, 15) is 14.0 Å². The van der Waals surface area contributed by atoms with Crippen molar-refractivity contribution in [2.75, 3.05) is 10.6 Å². The zero-order valence-corrected chi connectivity index (χ0v) is 13.2. The molecule has 25 heavy (non-hydrogen) atoms. The molecule has 0 aliphatic heterocycles. The van der Waals surface area contributed by atoms with Gasteiger partial charge in [0.05, 0.1) is 0 Å². The Kier molecular flexibility index (Phi) is 4.56. The third-order valence-corrected chi connectivity index (χ3v) is 3.36. The summed E-state index contributed by atoms with van der Waals surface area (Å²) in [4.78, 5) is 24.2. The lowest BCUT2D eigenvalue weighted by Crippen LogP contribution is -2.14. The number of aryl methyl sites for hydroxylation is 1. The van der Waals surface area contributed by atoms with Gasteiger partial charge in [0.1, 0.15) is 11.6 Å². The molecule has 6 nitrogen and oxygen atoms in total. The number of hydrogen-bond acceptors (Lipinski definition) is 4. The number of anilines is 2. The van der Waals surface area contributed by atoms with Crippen LogP contribution in [0.15, 0.2) is 59.1 Å². The lowest BCUT2D eigenvalue weighted by Gasteiger charge is -2.06. The van der Waals surface area contributed by atoms with E-state index in [1.807, 2.05) is 0 Å². The van der Waals surface area contributed by atoms with Crippen molar-refractivity contribution >= 4 is 23.3 Å². The highest BCUT2D eigenvalue weighted by atomic mass is 19.1. The van der Waals surface area contributed by atoms with Gasteiger partial charge >= 0.3 is 0 Å². The smallest absolute Gasteiger partial charge is 0.256 e. The fourth-order valence-corrected chi connectivity index (χ4v) is 2.16. The molecule has 2 aromatic carbocycles. The number of aromatic nitrogens is 1. The Hall–Kier alpha value is -3.48. The van der Waals surface area contributed by atoms with Crippen molar-refractivity contribution in [3.05, 3.63) is 77.3 Å². The van der Waals surface area contributed by atoms with E-state index >= 15 is 0 Å². The first-order valence-corrected chi connectivity index (χ1v) is 7.43. The Bertz CT molecular complexity index is 919. The Balaban J connectivity index is 1.67. The van der Waals surface area contributed by atoms with E-state index in [1.54, 1.807) is 19.1 Å². The zero-order chi connectivity index (χ0) is 17.8. The number of rotatable bonds is 4. The second-order valence-electron chi connectivity index (χ2n) is 5.32. The van der Waals surface area contributed by atoms with Gasteiger partial charge in [-0.1, -0.05) is 11.2 Å². The molecule has 0 unspecified atom stereocenters. The molecule has 2 amide bonds. The SMILES string of the molecule is Cc1cc(NC(=O)c2ccc(C(=O)Nc3cccc(F)c3)cc2)no1. The molecule has 0 saturated carbocycles. The number of nitrogens with one attached hydrogen (secondary N) is 2. The molecule has 0 bridgehead atoms. The summed E-state index contributed by atoms with van der Waals surface area (Å²) in [5, 5.41) is 8.86. The Morgan fingerprint density at radius 2 is 1.60 bits per heavy atom. The molecule has 0 saturated heterocycles. The summed E-state index contributed by atoms with van der Waals surface area (Å²) < 4.78 is 18.0. The minimum Gasteiger partial charge on any atom is -0.360 e.